The molecular weight excluding hydrogens is 360 g/mol. The molecule has 144 valence electrons. The Balaban J connectivity index is 1.85. The number of nitrogens with zero attached hydrogens (tertiary/aromatic N) is 1. The Labute approximate surface area is 160 Å². The van der Waals surface area contributed by atoms with Crippen LogP contribution in [0.2, 0.25) is 0 Å². The zero-order valence-electron chi connectivity index (χ0n) is 15.3. The van der Waals surface area contributed by atoms with Crippen molar-refractivity contribution in [2.45, 2.75) is 13.2 Å². The first-order valence-electron chi connectivity index (χ1n) is 8.66. The molecule has 3 N–H and O–H groups in total. The molecule has 0 saturated carbocycles. The van der Waals surface area contributed by atoms with Crippen LogP contribution >= 0.6 is 0 Å². The summed E-state index contributed by atoms with van der Waals surface area (Å²) in [6, 6.07) is 18.4. The van der Waals surface area contributed by atoms with Crippen LogP contribution in [0.25, 0.3) is 0 Å². The molecule has 1 heterocycles. The first-order valence-corrected chi connectivity index (χ1v) is 8.66. The number of hydrogen-bond donors (Lipinski definition) is 3. The Hall–Kier alpha value is -3.81. The van der Waals surface area contributed by atoms with Gasteiger partial charge in [-0.1, -0.05) is 65.4 Å². The van der Waals surface area contributed by atoms with Crippen molar-refractivity contribution in [1.82, 2.24) is 15.0 Å². The van der Waals surface area contributed by atoms with Gasteiger partial charge in [-0.15, -0.1) is 0 Å². The summed E-state index contributed by atoms with van der Waals surface area (Å²) in [6.07, 6.45) is 0. The van der Waals surface area contributed by atoms with Crippen LogP contribution in [0, 0.1) is 0 Å². The van der Waals surface area contributed by atoms with Gasteiger partial charge in [-0.25, -0.2) is 4.79 Å². The molecule has 0 aliphatic heterocycles. The Morgan fingerprint density at radius 3 is 2.21 bits per heavy atom. The summed E-state index contributed by atoms with van der Waals surface area (Å²) in [6.45, 7) is 0.250. The molecule has 1 amide bonds. The molecule has 0 spiro atoms. The molecule has 0 fully saturated rings. The van der Waals surface area contributed by atoms with E-state index in [9.17, 15) is 14.4 Å². The van der Waals surface area contributed by atoms with E-state index in [4.69, 9.17) is 4.84 Å². The fourth-order valence-electron chi connectivity index (χ4n) is 2.62. The lowest BCUT2D eigenvalue weighted by Crippen LogP contribution is -2.44. The highest BCUT2D eigenvalue weighted by Crippen LogP contribution is 2.05. The lowest BCUT2D eigenvalue weighted by atomic mass is 10.2. The number of aromatic nitrogens is 2. The topological polar surface area (TPSA) is 105 Å². The smallest absolute Gasteiger partial charge is 0.363 e. The maximum Gasteiger partial charge on any atom is 0.363 e. The molecule has 3 aromatic rings. The molecule has 8 nitrogen and oxygen atoms in total. The van der Waals surface area contributed by atoms with Gasteiger partial charge in [-0.2, -0.15) is 0 Å². The Morgan fingerprint density at radius 1 is 1.00 bits per heavy atom. The van der Waals surface area contributed by atoms with Crippen LogP contribution in [0.1, 0.15) is 21.5 Å². The molecule has 0 radical (unpaired) electrons. The number of nitrogens with one attached hydrogen (secondary N) is 3. The number of benzene rings is 2. The molecular formula is C20H20N4O4. The van der Waals surface area contributed by atoms with Gasteiger partial charge >= 0.3 is 11.2 Å². The zero-order chi connectivity index (χ0) is 19.9. The Kier molecular flexibility index (Phi) is 5.91. The van der Waals surface area contributed by atoms with Crippen molar-refractivity contribution >= 4 is 11.7 Å². The standard InChI is InChI=1S/C20H20N4O4/c1-21-17-16(18(25)22-12-14-8-4-2-5-9-14)19(26)24(20(27)23-17)28-13-15-10-6-3-7-11-15/h2-11,21H,12-13H2,1H3,(H,22,25)(H,23,27). The minimum Gasteiger partial charge on any atom is -0.401 e. The Morgan fingerprint density at radius 2 is 1.61 bits per heavy atom. The number of rotatable bonds is 7. The van der Waals surface area contributed by atoms with Crippen molar-refractivity contribution < 1.29 is 9.63 Å². The summed E-state index contributed by atoms with van der Waals surface area (Å²) in [5.74, 6) is -0.591. The number of carbonyl (C=O) groups is 1. The minimum absolute atomic E-state index is 0.00774. The van der Waals surface area contributed by atoms with Crippen molar-refractivity contribution in [1.29, 1.82) is 0 Å². The fourth-order valence-corrected chi connectivity index (χ4v) is 2.62. The summed E-state index contributed by atoms with van der Waals surface area (Å²) in [5.41, 5.74) is -0.181. The van der Waals surface area contributed by atoms with Crippen molar-refractivity contribution in [2.75, 3.05) is 12.4 Å². The van der Waals surface area contributed by atoms with Crippen LogP contribution in [-0.2, 0) is 13.2 Å². The minimum atomic E-state index is -0.838. The number of anilines is 1. The zero-order valence-corrected chi connectivity index (χ0v) is 15.3. The van der Waals surface area contributed by atoms with E-state index in [0.29, 0.717) is 4.73 Å². The first-order chi connectivity index (χ1) is 13.6. The highest BCUT2D eigenvalue weighted by atomic mass is 16.7. The molecule has 0 aliphatic carbocycles. The number of H-pyrrole nitrogens is 1. The van der Waals surface area contributed by atoms with E-state index < -0.39 is 17.2 Å². The predicted molar refractivity (Wildman–Crippen MR) is 105 cm³/mol. The van der Waals surface area contributed by atoms with E-state index in [1.54, 1.807) is 12.1 Å². The van der Waals surface area contributed by atoms with Crippen LogP contribution in [0.3, 0.4) is 0 Å². The molecule has 0 unspecified atom stereocenters. The first kappa shape index (κ1) is 19.0. The third-order valence-corrected chi connectivity index (χ3v) is 4.04. The van der Waals surface area contributed by atoms with E-state index in [2.05, 4.69) is 15.6 Å². The number of amides is 1. The van der Waals surface area contributed by atoms with Gasteiger partial charge in [-0.05, 0) is 11.1 Å². The number of carbonyl (C=O) groups excluding carboxylic acids is 1. The average molecular weight is 380 g/mol. The normalized spacial score (nSPS) is 10.3. The maximum absolute atomic E-state index is 12.8. The second-order valence-corrected chi connectivity index (χ2v) is 5.96. The molecule has 1 aromatic heterocycles. The van der Waals surface area contributed by atoms with Gasteiger partial charge in [0.25, 0.3) is 5.91 Å². The fraction of sp³-hybridized carbons (Fsp3) is 0.150. The quantitative estimate of drug-likeness (QED) is 0.570. The van der Waals surface area contributed by atoms with Gasteiger partial charge in [0, 0.05) is 13.6 Å². The van der Waals surface area contributed by atoms with Crippen LogP contribution in [0.5, 0.6) is 0 Å². The number of aromatic amines is 1. The van der Waals surface area contributed by atoms with E-state index in [1.165, 1.54) is 7.05 Å². The molecule has 0 atom stereocenters. The summed E-state index contributed by atoms with van der Waals surface area (Å²) in [4.78, 5) is 45.4. The molecule has 8 heteroatoms. The molecule has 0 aliphatic rings. The summed E-state index contributed by atoms with van der Waals surface area (Å²) < 4.78 is 0.561. The second kappa shape index (κ2) is 8.72. The molecule has 28 heavy (non-hydrogen) atoms. The lowest BCUT2D eigenvalue weighted by molar-refractivity contribution is 0.0764. The van der Waals surface area contributed by atoms with Crippen LogP contribution in [0.4, 0.5) is 5.82 Å². The van der Waals surface area contributed by atoms with E-state index in [0.717, 1.165) is 11.1 Å². The largest absolute Gasteiger partial charge is 0.401 e. The van der Waals surface area contributed by atoms with E-state index >= 15 is 0 Å². The van der Waals surface area contributed by atoms with E-state index in [1.807, 2.05) is 48.5 Å². The van der Waals surface area contributed by atoms with Crippen LogP contribution < -0.4 is 26.7 Å². The summed E-state index contributed by atoms with van der Waals surface area (Å²) in [5, 5.41) is 5.35. The average Bonchev–Trinajstić information content (AvgIpc) is 2.73. The van der Waals surface area contributed by atoms with E-state index in [-0.39, 0.29) is 24.5 Å². The van der Waals surface area contributed by atoms with Gasteiger partial charge in [0.15, 0.2) is 0 Å². The summed E-state index contributed by atoms with van der Waals surface area (Å²) in [7, 11) is 1.51. The molecule has 0 saturated heterocycles. The van der Waals surface area contributed by atoms with Crippen molar-refractivity contribution in [3.05, 3.63) is 98.2 Å². The molecule has 3 rings (SSSR count). The van der Waals surface area contributed by atoms with Gasteiger partial charge in [0.2, 0.25) is 0 Å². The SMILES string of the molecule is CNc1[nH]c(=O)n(OCc2ccccc2)c(=O)c1C(=O)NCc1ccccc1. The van der Waals surface area contributed by atoms with Crippen LogP contribution in [0.15, 0.2) is 70.3 Å². The maximum atomic E-state index is 12.8. The Bertz CT molecular complexity index is 1060. The number of hydrogen-bond acceptors (Lipinski definition) is 5. The van der Waals surface area contributed by atoms with Crippen LogP contribution in [-0.4, -0.2) is 22.7 Å². The summed E-state index contributed by atoms with van der Waals surface area (Å²) >= 11 is 0. The lowest BCUT2D eigenvalue weighted by Gasteiger charge is -2.13. The van der Waals surface area contributed by atoms with Gasteiger partial charge in [0.1, 0.15) is 18.0 Å². The van der Waals surface area contributed by atoms with Crippen molar-refractivity contribution in [3.8, 4) is 0 Å². The monoisotopic (exact) mass is 380 g/mol. The van der Waals surface area contributed by atoms with Gasteiger partial charge < -0.3 is 15.5 Å². The van der Waals surface area contributed by atoms with Crippen molar-refractivity contribution in [3.63, 3.8) is 0 Å². The van der Waals surface area contributed by atoms with Crippen molar-refractivity contribution in [2.24, 2.45) is 0 Å². The van der Waals surface area contributed by atoms with Gasteiger partial charge in [0.05, 0.1) is 0 Å². The third-order valence-electron chi connectivity index (χ3n) is 4.04. The highest BCUT2D eigenvalue weighted by Gasteiger charge is 2.21. The predicted octanol–water partition coefficient (Wildman–Crippen LogP) is 1.14. The second-order valence-electron chi connectivity index (χ2n) is 5.96. The molecule has 2 aromatic carbocycles. The van der Waals surface area contributed by atoms with Gasteiger partial charge in [-0.3, -0.25) is 14.6 Å². The third kappa shape index (κ3) is 4.29. The highest BCUT2D eigenvalue weighted by molar-refractivity contribution is 5.98. The molecule has 0 bridgehead atoms.